The highest BCUT2D eigenvalue weighted by Gasteiger charge is 2.14. The largest absolute Gasteiger partial charge is 0.409 e. The number of thioether (sulfide) groups is 1. The number of benzene rings is 1. The van der Waals surface area contributed by atoms with Crippen LogP contribution in [0, 0.1) is 6.92 Å². The molecule has 0 bridgehead atoms. The maximum Gasteiger partial charge on any atom is 0.299 e. The molecule has 0 aliphatic carbocycles. The van der Waals surface area contributed by atoms with E-state index in [1.807, 2.05) is 32.2 Å². The topological polar surface area (TPSA) is 38.7 Å². The van der Waals surface area contributed by atoms with Crippen LogP contribution in [0.5, 0.6) is 0 Å². The molecule has 98 valence electrons. The van der Waals surface area contributed by atoms with E-state index in [2.05, 4.69) is 4.99 Å². The van der Waals surface area contributed by atoms with Gasteiger partial charge in [0.25, 0.3) is 6.47 Å². The second-order valence-corrected chi connectivity index (χ2v) is 5.20. The molecule has 0 aliphatic heterocycles. The fraction of sp³-hybridized carbons (Fsp3) is 0.385. The van der Waals surface area contributed by atoms with E-state index in [0.29, 0.717) is 17.1 Å². The lowest BCUT2D eigenvalue weighted by molar-refractivity contribution is -0.121. The van der Waals surface area contributed by atoms with Crippen molar-refractivity contribution in [3.8, 4) is 0 Å². The van der Waals surface area contributed by atoms with Crippen LogP contribution >= 0.6 is 23.4 Å². The fourth-order valence-corrected chi connectivity index (χ4v) is 2.44. The van der Waals surface area contributed by atoms with Gasteiger partial charge in [0, 0.05) is 5.75 Å². The van der Waals surface area contributed by atoms with Crippen LogP contribution in [0.4, 0.5) is 0 Å². The van der Waals surface area contributed by atoms with Crippen LogP contribution in [0.2, 0.25) is 5.02 Å². The van der Waals surface area contributed by atoms with Crippen molar-refractivity contribution >= 4 is 35.7 Å². The number of halogens is 1. The maximum absolute atomic E-state index is 10.6. The van der Waals surface area contributed by atoms with E-state index in [9.17, 15) is 4.79 Å². The summed E-state index contributed by atoms with van der Waals surface area (Å²) in [6.07, 6.45) is 2.01. The van der Waals surface area contributed by atoms with Crippen molar-refractivity contribution in [2.24, 2.45) is 4.99 Å². The van der Waals surface area contributed by atoms with Crippen molar-refractivity contribution in [2.45, 2.75) is 19.9 Å². The molecule has 0 saturated carbocycles. The first kappa shape index (κ1) is 15.1. The maximum atomic E-state index is 10.6. The third-order valence-electron chi connectivity index (χ3n) is 2.34. The van der Waals surface area contributed by atoms with Gasteiger partial charge in [-0.05, 0) is 31.7 Å². The third-order valence-corrected chi connectivity index (χ3v) is 3.47. The molecule has 1 atom stereocenters. The van der Waals surface area contributed by atoms with Gasteiger partial charge in [-0.25, -0.2) is 4.99 Å². The summed E-state index contributed by atoms with van der Waals surface area (Å²) in [5.41, 5.74) is 1.61. The van der Waals surface area contributed by atoms with Crippen molar-refractivity contribution in [2.75, 3.05) is 12.0 Å². The molecule has 0 N–H and O–H groups in total. The summed E-state index contributed by atoms with van der Waals surface area (Å²) in [6, 6.07) is 5.58. The van der Waals surface area contributed by atoms with E-state index in [1.165, 1.54) is 0 Å². The van der Waals surface area contributed by atoms with E-state index < -0.39 is 0 Å². The standard InChI is InChI=1S/C13H16ClNO2S/c1-9-5-4-6-11(14)12(9)13(17-8-16)15-10(2)7-18-3/h4-6,8,10H,7H2,1-3H3. The summed E-state index contributed by atoms with van der Waals surface area (Å²) < 4.78 is 4.98. The van der Waals surface area contributed by atoms with Crippen LogP contribution in [-0.2, 0) is 9.53 Å². The minimum absolute atomic E-state index is 0.0608. The molecule has 1 aromatic carbocycles. The monoisotopic (exact) mass is 285 g/mol. The van der Waals surface area contributed by atoms with Gasteiger partial charge in [0.2, 0.25) is 5.90 Å². The molecular weight excluding hydrogens is 270 g/mol. The zero-order valence-electron chi connectivity index (χ0n) is 10.6. The molecule has 1 unspecified atom stereocenters. The van der Waals surface area contributed by atoms with Crippen molar-refractivity contribution < 1.29 is 9.53 Å². The Bertz CT molecular complexity index is 428. The Labute approximate surface area is 117 Å². The van der Waals surface area contributed by atoms with E-state index in [0.717, 1.165) is 11.3 Å². The van der Waals surface area contributed by atoms with Crippen molar-refractivity contribution in [3.05, 3.63) is 34.3 Å². The first-order valence-electron chi connectivity index (χ1n) is 5.52. The van der Waals surface area contributed by atoms with Crippen LogP contribution in [0.15, 0.2) is 23.2 Å². The second kappa shape index (κ2) is 7.44. The van der Waals surface area contributed by atoms with Crippen LogP contribution < -0.4 is 0 Å². The number of carbonyl (C=O) groups is 1. The van der Waals surface area contributed by atoms with E-state index >= 15 is 0 Å². The Kier molecular flexibility index (Phi) is 6.22. The fourth-order valence-electron chi connectivity index (χ4n) is 1.58. The number of ether oxygens (including phenoxy) is 1. The van der Waals surface area contributed by atoms with Crippen LogP contribution in [-0.4, -0.2) is 30.4 Å². The molecule has 0 spiro atoms. The summed E-state index contributed by atoms with van der Waals surface area (Å²) in [5, 5.41) is 0.534. The first-order chi connectivity index (χ1) is 8.60. The number of nitrogens with zero attached hydrogens (tertiary/aromatic N) is 1. The predicted molar refractivity (Wildman–Crippen MR) is 77.7 cm³/mol. The summed E-state index contributed by atoms with van der Waals surface area (Å²) in [5.74, 6) is 1.14. The van der Waals surface area contributed by atoms with Gasteiger partial charge < -0.3 is 4.74 Å². The number of aryl methyl sites for hydroxylation is 1. The lowest BCUT2D eigenvalue weighted by Crippen LogP contribution is -2.14. The smallest absolute Gasteiger partial charge is 0.299 e. The van der Waals surface area contributed by atoms with Crippen LogP contribution in [0.3, 0.4) is 0 Å². The zero-order valence-corrected chi connectivity index (χ0v) is 12.2. The van der Waals surface area contributed by atoms with Crippen molar-refractivity contribution in [1.29, 1.82) is 0 Å². The summed E-state index contributed by atoms with van der Waals surface area (Å²) in [7, 11) is 0. The second-order valence-electron chi connectivity index (χ2n) is 3.88. The van der Waals surface area contributed by atoms with E-state index in [-0.39, 0.29) is 11.9 Å². The van der Waals surface area contributed by atoms with Crippen molar-refractivity contribution in [1.82, 2.24) is 0 Å². The summed E-state index contributed by atoms with van der Waals surface area (Å²) in [6.45, 7) is 4.26. The Balaban J connectivity index is 3.15. The molecule has 3 nitrogen and oxygen atoms in total. The number of hydrogen-bond acceptors (Lipinski definition) is 4. The SMILES string of the molecule is CSCC(C)N=C(OC=O)c1c(C)cccc1Cl. The lowest BCUT2D eigenvalue weighted by Gasteiger charge is -2.12. The third kappa shape index (κ3) is 4.03. The Morgan fingerprint density at radius 1 is 1.61 bits per heavy atom. The molecule has 0 saturated heterocycles. The van der Waals surface area contributed by atoms with Crippen molar-refractivity contribution in [3.63, 3.8) is 0 Å². The van der Waals surface area contributed by atoms with Gasteiger partial charge in [-0.2, -0.15) is 11.8 Å². The average Bonchev–Trinajstić information content (AvgIpc) is 2.29. The molecule has 0 radical (unpaired) electrons. The lowest BCUT2D eigenvalue weighted by atomic mass is 10.1. The number of hydrogen-bond donors (Lipinski definition) is 0. The molecule has 0 aromatic heterocycles. The molecule has 1 rings (SSSR count). The number of aliphatic imine (C=N–C) groups is 1. The molecule has 0 aliphatic rings. The molecule has 5 heteroatoms. The highest BCUT2D eigenvalue weighted by atomic mass is 35.5. The van der Waals surface area contributed by atoms with Gasteiger partial charge in [-0.1, -0.05) is 23.7 Å². The molecule has 18 heavy (non-hydrogen) atoms. The zero-order chi connectivity index (χ0) is 13.5. The minimum Gasteiger partial charge on any atom is -0.409 e. The Hall–Kier alpha value is -1.00. The Morgan fingerprint density at radius 3 is 2.89 bits per heavy atom. The summed E-state index contributed by atoms with van der Waals surface area (Å²) >= 11 is 7.83. The van der Waals surface area contributed by atoms with Gasteiger partial charge in [0.15, 0.2) is 0 Å². The van der Waals surface area contributed by atoms with E-state index in [1.54, 1.807) is 17.8 Å². The molecule has 0 fully saturated rings. The van der Waals surface area contributed by atoms with Gasteiger partial charge in [0.1, 0.15) is 0 Å². The predicted octanol–water partition coefficient (Wildman–Crippen LogP) is 3.32. The first-order valence-corrected chi connectivity index (χ1v) is 7.29. The Morgan fingerprint density at radius 2 is 2.33 bits per heavy atom. The normalized spacial score (nSPS) is 13.2. The number of rotatable bonds is 5. The highest BCUT2D eigenvalue weighted by molar-refractivity contribution is 7.98. The molecule has 0 heterocycles. The highest BCUT2D eigenvalue weighted by Crippen LogP contribution is 2.21. The summed E-state index contributed by atoms with van der Waals surface area (Å²) in [4.78, 5) is 15.0. The molecule has 0 amide bonds. The van der Waals surface area contributed by atoms with Gasteiger partial charge in [0.05, 0.1) is 16.6 Å². The quantitative estimate of drug-likeness (QED) is 0.473. The minimum atomic E-state index is 0.0608. The molecule has 1 aromatic rings. The van der Waals surface area contributed by atoms with E-state index in [4.69, 9.17) is 16.3 Å². The van der Waals surface area contributed by atoms with Gasteiger partial charge in [-0.15, -0.1) is 0 Å². The average molecular weight is 286 g/mol. The van der Waals surface area contributed by atoms with Crippen LogP contribution in [0.25, 0.3) is 0 Å². The number of carbonyl (C=O) groups excluding carboxylic acids is 1. The van der Waals surface area contributed by atoms with Gasteiger partial charge in [-0.3, -0.25) is 4.79 Å². The van der Waals surface area contributed by atoms with Gasteiger partial charge >= 0.3 is 0 Å². The van der Waals surface area contributed by atoms with Crippen LogP contribution in [0.1, 0.15) is 18.1 Å². The molecular formula is C13H16ClNO2S.